The van der Waals surface area contributed by atoms with E-state index < -0.39 is 0 Å². The second-order valence-electron chi connectivity index (χ2n) is 3.69. The first-order valence-electron chi connectivity index (χ1n) is 4.48. The summed E-state index contributed by atoms with van der Waals surface area (Å²) in [5.74, 6) is 1.64. The van der Waals surface area contributed by atoms with Gasteiger partial charge in [0.25, 0.3) is 0 Å². The van der Waals surface area contributed by atoms with Crippen molar-refractivity contribution in [3.63, 3.8) is 0 Å². The largest absolute Gasteiger partial charge is 0.389 e. The van der Waals surface area contributed by atoms with Gasteiger partial charge in [-0.25, -0.2) is 0 Å². The van der Waals surface area contributed by atoms with Gasteiger partial charge in [0.05, 0.1) is 12.6 Å². The monoisotopic (exact) mass is 169 g/mol. The lowest BCUT2D eigenvalue weighted by Gasteiger charge is -2.19. The summed E-state index contributed by atoms with van der Waals surface area (Å²) in [6, 6.07) is 0.603. The smallest absolute Gasteiger partial charge is 0.191 e. The van der Waals surface area contributed by atoms with E-state index >= 15 is 0 Å². The zero-order valence-electron chi connectivity index (χ0n) is 7.25. The lowest BCUT2D eigenvalue weighted by molar-refractivity contribution is 0.180. The molecule has 68 valence electrons. The predicted octanol–water partition coefficient (Wildman–Crippen LogP) is -0.696. The summed E-state index contributed by atoms with van der Waals surface area (Å²) in [4.78, 5) is 4.17. The van der Waals surface area contributed by atoms with Gasteiger partial charge in [-0.05, 0) is 12.3 Å². The topological polar surface area (TPSA) is 56.7 Å². The van der Waals surface area contributed by atoms with Gasteiger partial charge in [-0.2, -0.15) is 0 Å². The van der Waals surface area contributed by atoms with Crippen molar-refractivity contribution in [3.05, 3.63) is 0 Å². The second-order valence-corrected chi connectivity index (χ2v) is 3.69. The van der Waals surface area contributed by atoms with Crippen molar-refractivity contribution in [2.75, 3.05) is 13.1 Å². The van der Waals surface area contributed by atoms with Gasteiger partial charge in [-0.3, -0.25) is 4.99 Å². The van der Waals surface area contributed by atoms with Crippen LogP contribution in [-0.4, -0.2) is 36.3 Å². The van der Waals surface area contributed by atoms with E-state index in [1.54, 1.807) is 0 Å². The van der Waals surface area contributed by atoms with Gasteiger partial charge < -0.3 is 15.7 Å². The summed E-state index contributed by atoms with van der Waals surface area (Å²) in [6.45, 7) is 3.36. The molecule has 2 rings (SSSR count). The van der Waals surface area contributed by atoms with E-state index in [0.717, 1.165) is 11.9 Å². The van der Waals surface area contributed by atoms with E-state index in [-0.39, 0.29) is 6.10 Å². The number of nitrogens with zero attached hydrogens (tertiary/aromatic N) is 1. The molecule has 0 saturated heterocycles. The Balaban J connectivity index is 1.81. The van der Waals surface area contributed by atoms with Crippen LogP contribution >= 0.6 is 0 Å². The van der Waals surface area contributed by atoms with E-state index in [1.807, 2.05) is 0 Å². The lowest BCUT2D eigenvalue weighted by Crippen LogP contribution is -2.47. The maximum absolute atomic E-state index is 9.13. The van der Waals surface area contributed by atoms with Gasteiger partial charge in [0.1, 0.15) is 0 Å². The van der Waals surface area contributed by atoms with Crippen LogP contribution in [0.2, 0.25) is 0 Å². The average molecular weight is 169 g/mol. The highest BCUT2D eigenvalue weighted by atomic mass is 16.3. The number of hydrogen-bond donors (Lipinski definition) is 3. The minimum atomic E-state index is -0.313. The van der Waals surface area contributed by atoms with Gasteiger partial charge in [-0.15, -0.1) is 0 Å². The third kappa shape index (κ3) is 1.69. The molecule has 12 heavy (non-hydrogen) atoms. The fourth-order valence-electron chi connectivity index (χ4n) is 1.33. The molecular weight excluding hydrogens is 154 g/mol. The molecule has 4 nitrogen and oxygen atoms in total. The third-order valence-electron chi connectivity index (χ3n) is 2.40. The number of aliphatic hydroxyl groups excluding tert-OH is 1. The molecule has 0 bridgehead atoms. The Morgan fingerprint density at radius 3 is 2.92 bits per heavy atom. The van der Waals surface area contributed by atoms with E-state index in [0.29, 0.717) is 19.1 Å². The van der Waals surface area contributed by atoms with Crippen LogP contribution in [0.25, 0.3) is 0 Å². The molecule has 1 aliphatic heterocycles. The Kier molecular flexibility index (Phi) is 1.92. The van der Waals surface area contributed by atoms with Crippen molar-refractivity contribution in [2.24, 2.45) is 10.9 Å². The van der Waals surface area contributed by atoms with Crippen LogP contribution in [0.5, 0.6) is 0 Å². The number of β-amino-alcohol motifs (C(OH)–C–C–N with tert-alkyl or cyclic N) is 1. The van der Waals surface area contributed by atoms with E-state index in [2.05, 4.69) is 22.5 Å². The van der Waals surface area contributed by atoms with E-state index in [9.17, 15) is 0 Å². The predicted molar refractivity (Wildman–Crippen MR) is 47.0 cm³/mol. The van der Waals surface area contributed by atoms with Crippen LogP contribution in [-0.2, 0) is 0 Å². The molecule has 0 aromatic rings. The van der Waals surface area contributed by atoms with Crippen molar-refractivity contribution in [3.8, 4) is 0 Å². The minimum Gasteiger partial charge on any atom is -0.389 e. The summed E-state index contributed by atoms with van der Waals surface area (Å²) in [7, 11) is 0. The number of rotatable bonds is 1. The molecule has 1 heterocycles. The van der Waals surface area contributed by atoms with E-state index in [1.165, 1.54) is 6.42 Å². The Morgan fingerprint density at radius 2 is 2.42 bits per heavy atom. The highest BCUT2D eigenvalue weighted by Gasteiger charge is 2.33. The summed E-state index contributed by atoms with van der Waals surface area (Å²) in [5, 5.41) is 15.5. The minimum absolute atomic E-state index is 0.313. The van der Waals surface area contributed by atoms with Crippen LogP contribution in [0.3, 0.4) is 0 Å². The molecule has 0 radical (unpaired) electrons. The molecule has 0 aromatic carbocycles. The van der Waals surface area contributed by atoms with Crippen molar-refractivity contribution >= 4 is 5.96 Å². The fraction of sp³-hybridized carbons (Fsp3) is 0.875. The van der Waals surface area contributed by atoms with Crippen LogP contribution in [0.1, 0.15) is 13.3 Å². The van der Waals surface area contributed by atoms with Crippen molar-refractivity contribution in [1.29, 1.82) is 0 Å². The maximum atomic E-state index is 9.13. The summed E-state index contributed by atoms with van der Waals surface area (Å²) < 4.78 is 0. The molecule has 3 atom stereocenters. The van der Waals surface area contributed by atoms with Crippen LogP contribution < -0.4 is 10.6 Å². The van der Waals surface area contributed by atoms with Crippen molar-refractivity contribution in [2.45, 2.75) is 25.5 Å². The van der Waals surface area contributed by atoms with Crippen LogP contribution in [0.15, 0.2) is 4.99 Å². The Labute approximate surface area is 72.1 Å². The zero-order valence-corrected chi connectivity index (χ0v) is 7.25. The van der Waals surface area contributed by atoms with Gasteiger partial charge in [0.2, 0.25) is 0 Å². The molecule has 0 amide bonds. The number of guanidine groups is 1. The zero-order chi connectivity index (χ0) is 8.55. The number of nitrogens with one attached hydrogen (secondary N) is 2. The fourth-order valence-corrected chi connectivity index (χ4v) is 1.33. The Bertz CT molecular complexity index is 204. The van der Waals surface area contributed by atoms with Crippen LogP contribution in [0, 0.1) is 5.92 Å². The van der Waals surface area contributed by atoms with Crippen molar-refractivity contribution in [1.82, 2.24) is 10.6 Å². The maximum Gasteiger partial charge on any atom is 0.191 e. The number of aliphatic imine (C=N–C) groups is 1. The first-order chi connectivity index (χ1) is 5.75. The SMILES string of the molecule is CC1CC1NC1=NCC(O)CN1. The molecule has 1 aliphatic carbocycles. The van der Waals surface area contributed by atoms with Crippen molar-refractivity contribution < 1.29 is 5.11 Å². The average Bonchev–Trinajstić information content (AvgIpc) is 2.72. The summed E-state index contributed by atoms with van der Waals surface area (Å²) in [6.07, 6.45) is 0.927. The number of aliphatic hydroxyl groups is 1. The molecule has 1 saturated carbocycles. The van der Waals surface area contributed by atoms with E-state index in [4.69, 9.17) is 5.11 Å². The molecular formula is C8H15N3O. The van der Waals surface area contributed by atoms with Gasteiger partial charge >= 0.3 is 0 Å². The molecule has 0 aromatic heterocycles. The van der Waals surface area contributed by atoms with Crippen LogP contribution in [0.4, 0.5) is 0 Å². The molecule has 2 aliphatic rings. The molecule has 3 unspecified atom stereocenters. The first-order valence-corrected chi connectivity index (χ1v) is 4.48. The summed E-state index contributed by atoms with van der Waals surface area (Å²) >= 11 is 0. The quantitative estimate of drug-likeness (QED) is 0.487. The van der Waals surface area contributed by atoms with Gasteiger partial charge in [0, 0.05) is 12.6 Å². The first kappa shape index (κ1) is 7.86. The Morgan fingerprint density at radius 1 is 1.67 bits per heavy atom. The molecule has 3 N–H and O–H groups in total. The molecule has 4 heteroatoms. The molecule has 0 spiro atoms. The van der Waals surface area contributed by atoms with Gasteiger partial charge in [0.15, 0.2) is 5.96 Å². The number of hydrogen-bond acceptors (Lipinski definition) is 4. The standard InChI is InChI=1S/C8H15N3O/c1-5-2-7(5)11-8-9-3-6(12)4-10-8/h5-7,12H,2-4H2,1H3,(H2,9,10,11). The normalized spacial score (nSPS) is 39.8. The molecule has 1 fully saturated rings. The Hall–Kier alpha value is -0.770. The lowest BCUT2D eigenvalue weighted by atomic mass is 10.3. The highest BCUT2D eigenvalue weighted by molar-refractivity contribution is 5.81. The third-order valence-corrected chi connectivity index (χ3v) is 2.40. The summed E-state index contributed by atoms with van der Waals surface area (Å²) in [5.41, 5.74) is 0. The van der Waals surface area contributed by atoms with Gasteiger partial charge in [-0.1, -0.05) is 6.92 Å². The second kappa shape index (κ2) is 2.94. The highest BCUT2D eigenvalue weighted by Crippen LogP contribution is 2.28.